The molecule has 2 heterocycles. The number of imidazole rings is 1. The molecule has 1 aliphatic rings. The Balaban J connectivity index is 1.57. The molecular formula is C18H25N5S. The molecule has 0 aliphatic heterocycles. The van der Waals surface area contributed by atoms with Crippen molar-refractivity contribution in [1.82, 2.24) is 24.8 Å². The topological polar surface area (TPSA) is 46.0 Å². The van der Waals surface area contributed by atoms with Gasteiger partial charge in [-0.05, 0) is 43.1 Å². The van der Waals surface area contributed by atoms with Gasteiger partial charge in [0, 0.05) is 50.5 Å². The smallest absolute Gasteiger partial charge is 0.169 e. The second-order valence-electron chi connectivity index (χ2n) is 6.37. The number of thiocarbonyl (C=S) groups is 1. The fourth-order valence-electron chi connectivity index (χ4n) is 3.16. The van der Waals surface area contributed by atoms with Crippen LogP contribution in [0, 0.1) is 0 Å². The van der Waals surface area contributed by atoms with Crippen molar-refractivity contribution < 1.29 is 0 Å². The van der Waals surface area contributed by atoms with Gasteiger partial charge in [0.25, 0.3) is 0 Å². The molecule has 0 amide bonds. The van der Waals surface area contributed by atoms with E-state index in [1.54, 1.807) is 0 Å². The number of aryl methyl sites for hydroxylation is 1. The van der Waals surface area contributed by atoms with E-state index in [4.69, 9.17) is 12.2 Å². The lowest BCUT2D eigenvalue weighted by Gasteiger charge is -2.28. The Labute approximate surface area is 149 Å². The number of rotatable bonds is 7. The molecule has 6 heteroatoms. The van der Waals surface area contributed by atoms with Crippen LogP contribution in [0.25, 0.3) is 0 Å². The fraction of sp³-hybridized carbons (Fsp3) is 0.500. The van der Waals surface area contributed by atoms with Gasteiger partial charge in [-0.25, -0.2) is 4.98 Å². The third kappa shape index (κ3) is 5.03. The van der Waals surface area contributed by atoms with E-state index in [0.717, 1.165) is 31.2 Å². The molecule has 0 aromatic carbocycles. The Morgan fingerprint density at radius 3 is 2.88 bits per heavy atom. The average molecular weight is 344 g/mol. The lowest BCUT2D eigenvalue weighted by Crippen LogP contribution is -2.44. The standard InChI is InChI=1S/C18H25N5S/c24-18(21-17-6-1-2-7-17)23(14-16-5-3-8-19-13-16)11-4-10-22-12-9-20-15-22/h3,5,8-9,12-13,15,17H,1-2,4,6-7,10-11,14H2,(H,21,24). The van der Waals surface area contributed by atoms with Crippen LogP contribution in [0.3, 0.4) is 0 Å². The number of nitrogens with zero attached hydrogens (tertiary/aromatic N) is 4. The number of aromatic nitrogens is 3. The molecule has 128 valence electrons. The van der Waals surface area contributed by atoms with Gasteiger partial charge in [0.15, 0.2) is 5.11 Å². The summed E-state index contributed by atoms with van der Waals surface area (Å²) in [5.74, 6) is 0. The summed E-state index contributed by atoms with van der Waals surface area (Å²) in [7, 11) is 0. The molecule has 24 heavy (non-hydrogen) atoms. The third-order valence-corrected chi connectivity index (χ3v) is 4.85. The monoisotopic (exact) mass is 343 g/mol. The molecule has 0 radical (unpaired) electrons. The zero-order chi connectivity index (χ0) is 16.6. The molecule has 2 aromatic rings. The molecule has 3 rings (SSSR count). The van der Waals surface area contributed by atoms with Crippen LogP contribution < -0.4 is 5.32 Å². The van der Waals surface area contributed by atoms with Crippen molar-refractivity contribution in [3.05, 3.63) is 48.8 Å². The van der Waals surface area contributed by atoms with Gasteiger partial charge in [-0.3, -0.25) is 4.98 Å². The first-order valence-electron chi connectivity index (χ1n) is 8.71. The highest BCUT2D eigenvalue weighted by molar-refractivity contribution is 7.80. The van der Waals surface area contributed by atoms with Crippen LogP contribution in [0.1, 0.15) is 37.7 Å². The minimum Gasteiger partial charge on any atom is -0.360 e. The summed E-state index contributed by atoms with van der Waals surface area (Å²) in [6.45, 7) is 2.68. The largest absolute Gasteiger partial charge is 0.360 e. The number of pyridine rings is 1. The minimum atomic E-state index is 0.544. The molecule has 0 unspecified atom stereocenters. The van der Waals surface area contributed by atoms with Gasteiger partial charge in [-0.1, -0.05) is 18.9 Å². The van der Waals surface area contributed by atoms with Crippen LogP contribution in [0.15, 0.2) is 43.2 Å². The maximum absolute atomic E-state index is 5.70. The maximum Gasteiger partial charge on any atom is 0.169 e. The quantitative estimate of drug-likeness (QED) is 0.783. The van der Waals surface area contributed by atoms with Gasteiger partial charge in [0.1, 0.15) is 0 Å². The number of nitrogens with one attached hydrogen (secondary N) is 1. The zero-order valence-corrected chi connectivity index (χ0v) is 14.8. The summed E-state index contributed by atoms with van der Waals surface area (Å²) in [6, 6.07) is 4.63. The Morgan fingerprint density at radius 2 is 2.17 bits per heavy atom. The Morgan fingerprint density at radius 1 is 1.29 bits per heavy atom. The predicted octanol–water partition coefficient (Wildman–Crippen LogP) is 2.99. The normalized spacial score (nSPS) is 14.7. The molecule has 1 fully saturated rings. The van der Waals surface area contributed by atoms with E-state index in [-0.39, 0.29) is 0 Å². The summed E-state index contributed by atoms with van der Waals surface area (Å²) in [5.41, 5.74) is 1.19. The van der Waals surface area contributed by atoms with E-state index < -0.39 is 0 Å². The maximum atomic E-state index is 5.70. The van der Waals surface area contributed by atoms with Crippen LogP contribution in [0.4, 0.5) is 0 Å². The van der Waals surface area contributed by atoms with E-state index in [1.165, 1.54) is 31.2 Å². The van der Waals surface area contributed by atoms with Crippen molar-refractivity contribution >= 4 is 17.3 Å². The summed E-state index contributed by atoms with van der Waals surface area (Å²) in [4.78, 5) is 10.6. The number of hydrogen-bond donors (Lipinski definition) is 1. The average Bonchev–Trinajstić information content (AvgIpc) is 3.29. The van der Waals surface area contributed by atoms with Crippen LogP contribution in [-0.2, 0) is 13.1 Å². The SMILES string of the molecule is S=C(NC1CCCC1)N(CCCn1ccnc1)Cc1cccnc1. The molecule has 2 aromatic heterocycles. The van der Waals surface area contributed by atoms with Crippen LogP contribution in [0.2, 0.25) is 0 Å². The van der Waals surface area contributed by atoms with Crippen LogP contribution >= 0.6 is 12.2 Å². The first-order chi connectivity index (χ1) is 11.8. The van der Waals surface area contributed by atoms with E-state index in [0.29, 0.717) is 6.04 Å². The van der Waals surface area contributed by atoms with Crippen LogP contribution in [-0.4, -0.2) is 37.1 Å². The summed E-state index contributed by atoms with van der Waals surface area (Å²) >= 11 is 5.70. The van der Waals surface area contributed by atoms with Gasteiger partial charge < -0.3 is 14.8 Å². The zero-order valence-electron chi connectivity index (χ0n) is 14.0. The highest BCUT2D eigenvalue weighted by atomic mass is 32.1. The van der Waals surface area contributed by atoms with Crippen molar-refractivity contribution in [2.75, 3.05) is 6.54 Å². The predicted molar refractivity (Wildman–Crippen MR) is 99.5 cm³/mol. The van der Waals surface area contributed by atoms with Crippen LogP contribution in [0.5, 0.6) is 0 Å². The van der Waals surface area contributed by atoms with Gasteiger partial charge in [0.2, 0.25) is 0 Å². The molecular weight excluding hydrogens is 318 g/mol. The minimum absolute atomic E-state index is 0.544. The highest BCUT2D eigenvalue weighted by Crippen LogP contribution is 2.18. The van der Waals surface area contributed by atoms with Crippen molar-refractivity contribution in [3.63, 3.8) is 0 Å². The Kier molecular flexibility index (Phi) is 6.18. The molecule has 5 nitrogen and oxygen atoms in total. The molecule has 1 aliphatic carbocycles. The summed E-state index contributed by atoms with van der Waals surface area (Å²) in [6.07, 6.45) is 15.5. The van der Waals surface area contributed by atoms with Crippen molar-refractivity contribution in [3.8, 4) is 0 Å². The lowest BCUT2D eigenvalue weighted by molar-refractivity contribution is 0.378. The first kappa shape index (κ1) is 16.9. The molecule has 0 bridgehead atoms. The van der Waals surface area contributed by atoms with E-state index in [1.807, 2.05) is 37.2 Å². The Bertz CT molecular complexity index is 608. The highest BCUT2D eigenvalue weighted by Gasteiger charge is 2.18. The Hall–Kier alpha value is -1.95. The molecule has 0 atom stereocenters. The van der Waals surface area contributed by atoms with Gasteiger partial charge >= 0.3 is 0 Å². The lowest BCUT2D eigenvalue weighted by atomic mass is 10.2. The van der Waals surface area contributed by atoms with E-state index >= 15 is 0 Å². The second kappa shape index (κ2) is 8.78. The molecule has 0 spiro atoms. The van der Waals surface area contributed by atoms with Crippen molar-refractivity contribution in [1.29, 1.82) is 0 Å². The van der Waals surface area contributed by atoms with E-state index in [9.17, 15) is 0 Å². The van der Waals surface area contributed by atoms with Crippen molar-refractivity contribution in [2.45, 2.75) is 51.2 Å². The fourth-order valence-corrected chi connectivity index (χ4v) is 3.49. The van der Waals surface area contributed by atoms with Gasteiger partial charge in [0.05, 0.1) is 6.33 Å². The third-order valence-electron chi connectivity index (χ3n) is 4.47. The van der Waals surface area contributed by atoms with Gasteiger partial charge in [-0.15, -0.1) is 0 Å². The molecule has 1 N–H and O–H groups in total. The molecule has 1 saturated carbocycles. The second-order valence-corrected chi connectivity index (χ2v) is 6.75. The number of hydrogen-bond acceptors (Lipinski definition) is 3. The van der Waals surface area contributed by atoms with Crippen molar-refractivity contribution in [2.24, 2.45) is 0 Å². The summed E-state index contributed by atoms with van der Waals surface area (Å²) < 4.78 is 2.11. The molecule has 0 saturated heterocycles. The van der Waals surface area contributed by atoms with Gasteiger partial charge in [-0.2, -0.15) is 0 Å². The van der Waals surface area contributed by atoms with E-state index in [2.05, 4.69) is 30.8 Å². The summed E-state index contributed by atoms with van der Waals surface area (Å²) in [5, 5.41) is 4.43. The first-order valence-corrected chi connectivity index (χ1v) is 9.12.